The summed E-state index contributed by atoms with van der Waals surface area (Å²) >= 11 is 0. The minimum atomic E-state index is 0.343. The first-order valence-electron chi connectivity index (χ1n) is 5.16. The average Bonchev–Trinajstić information content (AvgIpc) is 2.03. The molecule has 0 aliphatic rings. The van der Waals surface area contributed by atoms with Crippen molar-refractivity contribution in [1.29, 1.82) is 0 Å². The second-order valence-electron chi connectivity index (χ2n) is 4.73. The highest BCUT2D eigenvalue weighted by Crippen LogP contribution is 2.33. The Morgan fingerprint density at radius 3 is 2.00 bits per heavy atom. The van der Waals surface area contributed by atoms with Gasteiger partial charge in [0.05, 0.1) is 0 Å². The molecular weight excluding hydrogens is 146 g/mol. The first-order chi connectivity index (χ1) is 5.46. The molecule has 2 N–H and O–H groups in total. The fraction of sp³-hybridized carbons (Fsp3) is 1.00. The summed E-state index contributed by atoms with van der Waals surface area (Å²) in [5.74, 6) is 1.50. The summed E-state index contributed by atoms with van der Waals surface area (Å²) in [5, 5.41) is 0. The molecule has 0 aliphatic carbocycles. The van der Waals surface area contributed by atoms with Crippen molar-refractivity contribution in [3.63, 3.8) is 0 Å². The standard InChI is InChI=1S/C11H25N/c1-6-10(4)7-11(5,8-12)9(2)3/h9-10H,6-8,12H2,1-5H3. The van der Waals surface area contributed by atoms with Gasteiger partial charge in [0.2, 0.25) is 0 Å². The Kier molecular flexibility index (Phi) is 4.84. The molecule has 2 unspecified atom stereocenters. The molecule has 74 valence electrons. The zero-order valence-electron chi connectivity index (χ0n) is 9.35. The van der Waals surface area contributed by atoms with Crippen LogP contribution in [0.5, 0.6) is 0 Å². The van der Waals surface area contributed by atoms with Gasteiger partial charge in [-0.25, -0.2) is 0 Å². The molecule has 0 bridgehead atoms. The Morgan fingerprint density at radius 2 is 1.75 bits per heavy atom. The molecule has 1 heteroatoms. The lowest BCUT2D eigenvalue weighted by Crippen LogP contribution is -2.34. The Morgan fingerprint density at radius 1 is 1.25 bits per heavy atom. The van der Waals surface area contributed by atoms with E-state index in [0.29, 0.717) is 11.3 Å². The molecule has 0 saturated carbocycles. The molecule has 0 aromatic carbocycles. The maximum Gasteiger partial charge on any atom is -0.00206 e. The second kappa shape index (κ2) is 4.86. The zero-order chi connectivity index (χ0) is 9.78. The van der Waals surface area contributed by atoms with E-state index < -0.39 is 0 Å². The van der Waals surface area contributed by atoms with Crippen LogP contribution in [-0.4, -0.2) is 6.54 Å². The largest absolute Gasteiger partial charge is 0.330 e. The van der Waals surface area contributed by atoms with E-state index >= 15 is 0 Å². The molecule has 0 spiro atoms. The smallest absolute Gasteiger partial charge is 0.00206 e. The van der Waals surface area contributed by atoms with Crippen LogP contribution in [0.3, 0.4) is 0 Å². The van der Waals surface area contributed by atoms with Gasteiger partial charge in [-0.1, -0.05) is 41.0 Å². The lowest BCUT2D eigenvalue weighted by molar-refractivity contribution is 0.175. The van der Waals surface area contributed by atoms with Crippen molar-refractivity contribution in [2.45, 2.75) is 47.5 Å². The van der Waals surface area contributed by atoms with E-state index in [2.05, 4.69) is 34.6 Å². The van der Waals surface area contributed by atoms with Gasteiger partial charge in [0.25, 0.3) is 0 Å². The first kappa shape index (κ1) is 12.0. The molecule has 0 amide bonds. The SMILES string of the molecule is CCC(C)CC(C)(CN)C(C)C. The van der Waals surface area contributed by atoms with Crippen LogP contribution in [-0.2, 0) is 0 Å². The van der Waals surface area contributed by atoms with Gasteiger partial charge in [0, 0.05) is 0 Å². The van der Waals surface area contributed by atoms with Crippen molar-refractivity contribution in [3.05, 3.63) is 0 Å². The average molecular weight is 171 g/mol. The lowest BCUT2D eigenvalue weighted by Gasteiger charge is -2.34. The van der Waals surface area contributed by atoms with E-state index in [1.54, 1.807) is 0 Å². The molecule has 0 fully saturated rings. The van der Waals surface area contributed by atoms with E-state index in [1.165, 1.54) is 12.8 Å². The highest BCUT2D eigenvalue weighted by Gasteiger charge is 2.27. The van der Waals surface area contributed by atoms with Gasteiger partial charge in [0.15, 0.2) is 0 Å². The number of rotatable bonds is 5. The quantitative estimate of drug-likeness (QED) is 0.676. The van der Waals surface area contributed by atoms with Crippen molar-refractivity contribution in [2.75, 3.05) is 6.54 Å². The van der Waals surface area contributed by atoms with E-state index in [-0.39, 0.29) is 0 Å². The van der Waals surface area contributed by atoms with Crippen LogP contribution < -0.4 is 5.73 Å². The minimum absolute atomic E-state index is 0.343. The van der Waals surface area contributed by atoms with Crippen LogP contribution in [0.4, 0.5) is 0 Å². The molecule has 0 aromatic heterocycles. The summed E-state index contributed by atoms with van der Waals surface area (Å²) < 4.78 is 0. The fourth-order valence-corrected chi connectivity index (χ4v) is 1.50. The van der Waals surface area contributed by atoms with Crippen LogP contribution >= 0.6 is 0 Å². The number of hydrogen-bond donors (Lipinski definition) is 1. The molecule has 0 rings (SSSR count). The zero-order valence-corrected chi connectivity index (χ0v) is 9.35. The van der Waals surface area contributed by atoms with Crippen molar-refractivity contribution >= 4 is 0 Å². The molecular formula is C11H25N. The molecule has 0 aromatic rings. The third-order valence-corrected chi connectivity index (χ3v) is 3.37. The summed E-state index contributed by atoms with van der Waals surface area (Å²) in [6.07, 6.45) is 2.53. The first-order valence-corrected chi connectivity index (χ1v) is 5.16. The fourth-order valence-electron chi connectivity index (χ4n) is 1.50. The second-order valence-corrected chi connectivity index (χ2v) is 4.73. The van der Waals surface area contributed by atoms with Gasteiger partial charge in [-0.3, -0.25) is 0 Å². The summed E-state index contributed by atoms with van der Waals surface area (Å²) in [6, 6.07) is 0. The summed E-state index contributed by atoms with van der Waals surface area (Å²) in [4.78, 5) is 0. The molecule has 2 atom stereocenters. The maximum atomic E-state index is 5.81. The Labute approximate surface area is 77.7 Å². The van der Waals surface area contributed by atoms with E-state index in [1.807, 2.05) is 0 Å². The Balaban J connectivity index is 4.14. The predicted molar refractivity (Wildman–Crippen MR) is 56.1 cm³/mol. The van der Waals surface area contributed by atoms with Crippen LogP contribution in [0.1, 0.15) is 47.5 Å². The molecule has 0 aliphatic heterocycles. The van der Waals surface area contributed by atoms with E-state index in [0.717, 1.165) is 12.5 Å². The van der Waals surface area contributed by atoms with E-state index in [9.17, 15) is 0 Å². The minimum Gasteiger partial charge on any atom is -0.330 e. The van der Waals surface area contributed by atoms with Gasteiger partial charge >= 0.3 is 0 Å². The van der Waals surface area contributed by atoms with Crippen LogP contribution in [0.15, 0.2) is 0 Å². The highest BCUT2D eigenvalue weighted by atomic mass is 14.6. The highest BCUT2D eigenvalue weighted by molar-refractivity contribution is 4.80. The molecule has 0 saturated heterocycles. The summed E-state index contributed by atoms with van der Waals surface area (Å²) in [6.45, 7) is 12.2. The van der Waals surface area contributed by atoms with Gasteiger partial charge in [-0.15, -0.1) is 0 Å². The number of hydrogen-bond acceptors (Lipinski definition) is 1. The Hall–Kier alpha value is -0.0400. The topological polar surface area (TPSA) is 26.0 Å². The molecule has 0 heterocycles. The van der Waals surface area contributed by atoms with Crippen LogP contribution in [0, 0.1) is 17.3 Å². The van der Waals surface area contributed by atoms with Gasteiger partial charge in [0.1, 0.15) is 0 Å². The van der Waals surface area contributed by atoms with Crippen molar-refractivity contribution in [3.8, 4) is 0 Å². The normalized spacial score (nSPS) is 19.2. The third-order valence-electron chi connectivity index (χ3n) is 3.37. The van der Waals surface area contributed by atoms with Crippen molar-refractivity contribution in [1.82, 2.24) is 0 Å². The third kappa shape index (κ3) is 3.14. The number of nitrogens with two attached hydrogens (primary N) is 1. The van der Waals surface area contributed by atoms with Gasteiger partial charge in [-0.2, -0.15) is 0 Å². The van der Waals surface area contributed by atoms with Gasteiger partial charge in [-0.05, 0) is 30.2 Å². The van der Waals surface area contributed by atoms with E-state index in [4.69, 9.17) is 5.73 Å². The molecule has 12 heavy (non-hydrogen) atoms. The summed E-state index contributed by atoms with van der Waals surface area (Å²) in [5.41, 5.74) is 6.15. The van der Waals surface area contributed by atoms with Crippen LogP contribution in [0.2, 0.25) is 0 Å². The molecule has 1 nitrogen and oxygen atoms in total. The Bertz CT molecular complexity index is 120. The predicted octanol–water partition coefficient (Wildman–Crippen LogP) is 3.04. The molecule has 0 radical (unpaired) electrons. The van der Waals surface area contributed by atoms with Crippen molar-refractivity contribution < 1.29 is 0 Å². The summed E-state index contributed by atoms with van der Waals surface area (Å²) in [7, 11) is 0. The van der Waals surface area contributed by atoms with Crippen LogP contribution in [0.25, 0.3) is 0 Å². The lowest BCUT2D eigenvalue weighted by atomic mass is 9.72. The van der Waals surface area contributed by atoms with Crippen molar-refractivity contribution in [2.24, 2.45) is 23.0 Å². The maximum absolute atomic E-state index is 5.81. The monoisotopic (exact) mass is 171 g/mol. The van der Waals surface area contributed by atoms with Gasteiger partial charge < -0.3 is 5.73 Å².